The van der Waals surface area contributed by atoms with E-state index in [1.807, 2.05) is 37.4 Å². The van der Waals surface area contributed by atoms with Crippen LogP contribution in [0, 0.1) is 6.92 Å². The Morgan fingerprint density at radius 2 is 2.15 bits per heavy atom. The lowest BCUT2D eigenvalue weighted by atomic mass is 10.0. The normalized spacial score (nSPS) is 10.8. The summed E-state index contributed by atoms with van der Waals surface area (Å²) in [6.07, 6.45) is 4.34. The Morgan fingerprint density at radius 3 is 2.85 bits per heavy atom. The minimum Gasteiger partial charge on any atom is -0.475 e. The molecule has 0 saturated heterocycles. The fourth-order valence-electron chi connectivity index (χ4n) is 2.35. The van der Waals surface area contributed by atoms with Crippen molar-refractivity contribution in [1.82, 2.24) is 4.98 Å². The Balaban J connectivity index is 2.03. The van der Waals surface area contributed by atoms with Crippen molar-refractivity contribution in [1.29, 1.82) is 0 Å². The van der Waals surface area contributed by atoms with Crippen LogP contribution in [0.15, 0.2) is 47.1 Å². The molecule has 1 aromatic carbocycles. The number of furan rings is 1. The number of aromatic nitrogens is 1. The van der Waals surface area contributed by atoms with E-state index in [-0.39, 0.29) is 5.76 Å². The second-order valence-electron chi connectivity index (χ2n) is 4.78. The number of carbonyl (C=O) groups is 1. The first-order valence-electron chi connectivity index (χ1n) is 6.29. The number of aryl methyl sites for hydroxylation is 1. The van der Waals surface area contributed by atoms with Gasteiger partial charge in [-0.3, -0.25) is 4.98 Å². The highest BCUT2D eigenvalue weighted by Crippen LogP contribution is 2.25. The van der Waals surface area contributed by atoms with E-state index in [2.05, 4.69) is 4.98 Å². The van der Waals surface area contributed by atoms with Gasteiger partial charge in [0.15, 0.2) is 0 Å². The van der Waals surface area contributed by atoms with Crippen molar-refractivity contribution in [3.8, 4) is 0 Å². The molecule has 3 rings (SSSR count). The highest BCUT2D eigenvalue weighted by Gasteiger charge is 2.13. The van der Waals surface area contributed by atoms with Crippen LogP contribution in [0.1, 0.15) is 27.2 Å². The second-order valence-corrected chi connectivity index (χ2v) is 4.78. The van der Waals surface area contributed by atoms with E-state index in [1.54, 1.807) is 12.3 Å². The van der Waals surface area contributed by atoms with Gasteiger partial charge in [0.1, 0.15) is 5.58 Å². The highest BCUT2D eigenvalue weighted by molar-refractivity contribution is 5.92. The van der Waals surface area contributed by atoms with Crippen LogP contribution in [-0.2, 0) is 6.42 Å². The van der Waals surface area contributed by atoms with E-state index in [9.17, 15) is 4.79 Å². The Morgan fingerprint density at radius 1 is 1.30 bits per heavy atom. The van der Waals surface area contributed by atoms with Crippen LogP contribution in [0.25, 0.3) is 11.0 Å². The first-order chi connectivity index (χ1) is 9.63. The Labute approximate surface area is 115 Å². The summed E-state index contributed by atoms with van der Waals surface area (Å²) in [6.45, 7) is 1.92. The number of carboxylic acid groups (broad SMARTS) is 1. The molecule has 0 fully saturated rings. The molecule has 0 aliphatic heterocycles. The van der Waals surface area contributed by atoms with Crippen molar-refractivity contribution in [2.45, 2.75) is 13.3 Å². The zero-order chi connectivity index (χ0) is 14.1. The average Bonchev–Trinajstić information content (AvgIpc) is 2.84. The summed E-state index contributed by atoms with van der Waals surface area (Å²) in [5, 5.41) is 9.80. The highest BCUT2D eigenvalue weighted by atomic mass is 16.4. The molecule has 100 valence electrons. The molecule has 0 spiro atoms. The summed E-state index contributed by atoms with van der Waals surface area (Å²) in [7, 11) is 0. The Kier molecular flexibility index (Phi) is 2.99. The predicted molar refractivity (Wildman–Crippen MR) is 75.0 cm³/mol. The van der Waals surface area contributed by atoms with E-state index in [4.69, 9.17) is 9.52 Å². The van der Waals surface area contributed by atoms with Gasteiger partial charge in [0, 0.05) is 17.8 Å². The minimum absolute atomic E-state index is 0.0263. The van der Waals surface area contributed by atoms with Gasteiger partial charge >= 0.3 is 5.97 Å². The number of fused-ring (bicyclic) bond motifs is 1. The SMILES string of the molecule is Cc1cc(Cc2cccnc2)cc2cc(C(=O)O)oc12. The fourth-order valence-corrected chi connectivity index (χ4v) is 2.35. The van der Waals surface area contributed by atoms with Crippen LogP contribution in [0.3, 0.4) is 0 Å². The van der Waals surface area contributed by atoms with E-state index in [0.29, 0.717) is 5.58 Å². The monoisotopic (exact) mass is 267 g/mol. The van der Waals surface area contributed by atoms with E-state index in [1.165, 1.54) is 0 Å². The van der Waals surface area contributed by atoms with Crippen molar-refractivity contribution >= 4 is 16.9 Å². The van der Waals surface area contributed by atoms with Crippen molar-refractivity contribution in [2.75, 3.05) is 0 Å². The van der Waals surface area contributed by atoms with Crippen molar-refractivity contribution in [3.63, 3.8) is 0 Å². The molecule has 20 heavy (non-hydrogen) atoms. The molecule has 0 aliphatic carbocycles. The van der Waals surface area contributed by atoms with Crippen LogP contribution in [0.5, 0.6) is 0 Å². The summed E-state index contributed by atoms with van der Waals surface area (Å²) in [6, 6.07) is 9.47. The zero-order valence-electron chi connectivity index (χ0n) is 11.0. The van der Waals surface area contributed by atoms with Crippen molar-refractivity contribution < 1.29 is 14.3 Å². The quantitative estimate of drug-likeness (QED) is 0.789. The number of nitrogens with zero attached hydrogens (tertiary/aromatic N) is 1. The first-order valence-corrected chi connectivity index (χ1v) is 6.29. The summed E-state index contributed by atoms with van der Waals surface area (Å²) in [5.41, 5.74) is 3.81. The zero-order valence-corrected chi connectivity index (χ0v) is 11.0. The molecule has 3 aromatic rings. The number of hydrogen-bond acceptors (Lipinski definition) is 3. The number of pyridine rings is 1. The third kappa shape index (κ3) is 2.28. The van der Waals surface area contributed by atoms with Crippen molar-refractivity contribution in [2.24, 2.45) is 0 Å². The largest absolute Gasteiger partial charge is 0.475 e. The topological polar surface area (TPSA) is 63.3 Å². The van der Waals surface area contributed by atoms with Gasteiger partial charge in [-0.1, -0.05) is 12.1 Å². The third-order valence-corrected chi connectivity index (χ3v) is 3.20. The number of benzene rings is 1. The Hall–Kier alpha value is -2.62. The summed E-state index contributed by atoms with van der Waals surface area (Å²) < 4.78 is 5.35. The average molecular weight is 267 g/mol. The lowest BCUT2D eigenvalue weighted by molar-refractivity contribution is 0.0665. The fraction of sp³-hybridized carbons (Fsp3) is 0.125. The van der Waals surface area contributed by atoms with Gasteiger partial charge in [-0.15, -0.1) is 0 Å². The van der Waals surface area contributed by atoms with Gasteiger partial charge in [0.25, 0.3) is 0 Å². The van der Waals surface area contributed by atoms with Gasteiger partial charge in [-0.05, 0) is 48.2 Å². The summed E-state index contributed by atoms with van der Waals surface area (Å²) in [5.74, 6) is -1.07. The molecule has 4 heteroatoms. The molecular formula is C16H13NO3. The predicted octanol–water partition coefficient (Wildman–Crippen LogP) is 3.43. The maximum absolute atomic E-state index is 11.0. The first kappa shape index (κ1) is 12.4. The van der Waals surface area contributed by atoms with Crippen LogP contribution < -0.4 is 0 Å². The van der Waals surface area contributed by atoms with Gasteiger partial charge < -0.3 is 9.52 Å². The molecule has 0 saturated carbocycles. The van der Waals surface area contributed by atoms with Crippen molar-refractivity contribution in [3.05, 3.63) is 65.2 Å². The smallest absolute Gasteiger partial charge is 0.371 e. The summed E-state index contributed by atoms with van der Waals surface area (Å²) >= 11 is 0. The van der Waals surface area contributed by atoms with Gasteiger partial charge in [0.2, 0.25) is 5.76 Å². The minimum atomic E-state index is -1.05. The van der Waals surface area contributed by atoms with E-state index >= 15 is 0 Å². The molecule has 0 atom stereocenters. The lowest BCUT2D eigenvalue weighted by Gasteiger charge is -2.03. The number of carboxylic acids is 1. The number of rotatable bonds is 3. The van der Waals surface area contributed by atoms with Crippen LogP contribution in [-0.4, -0.2) is 16.1 Å². The lowest BCUT2D eigenvalue weighted by Crippen LogP contribution is -1.91. The molecule has 0 unspecified atom stereocenters. The van der Waals surface area contributed by atoms with Crippen LogP contribution in [0.4, 0.5) is 0 Å². The molecule has 4 nitrogen and oxygen atoms in total. The molecule has 2 aromatic heterocycles. The standard InChI is InChI=1S/C16H13NO3/c1-10-5-12(6-11-3-2-4-17-9-11)7-13-8-14(16(18)19)20-15(10)13/h2-5,7-9H,6H2,1H3,(H,18,19). The third-order valence-electron chi connectivity index (χ3n) is 3.20. The molecule has 0 amide bonds. The van der Waals surface area contributed by atoms with Gasteiger partial charge in [-0.2, -0.15) is 0 Å². The molecular weight excluding hydrogens is 254 g/mol. The second kappa shape index (κ2) is 4.81. The molecule has 1 N–H and O–H groups in total. The number of aromatic carboxylic acids is 1. The maximum atomic E-state index is 11.0. The van der Waals surface area contributed by atoms with Crippen LogP contribution in [0.2, 0.25) is 0 Å². The van der Waals surface area contributed by atoms with Gasteiger partial charge in [0.05, 0.1) is 0 Å². The molecule has 0 aliphatic rings. The van der Waals surface area contributed by atoms with Crippen LogP contribution >= 0.6 is 0 Å². The van der Waals surface area contributed by atoms with Gasteiger partial charge in [-0.25, -0.2) is 4.79 Å². The maximum Gasteiger partial charge on any atom is 0.371 e. The summed E-state index contributed by atoms with van der Waals surface area (Å²) in [4.78, 5) is 15.1. The molecule has 0 bridgehead atoms. The van der Waals surface area contributed by atoms with E-state index in [0.717, 1.165) is 28.5 Å². The Bertz CT molecular complexity index is 775. The van der Waals surface area contributed by atoms with E-state index < -0.39 is 5.97 Å². The molecule has 2 heterocycles. The number of hydrogen-bond donors (Lipinski definition) is 1. The molecule has 0 radical (unpaired) electrons.